The molecule has 2 N–H and O–H groups in total. The number of thioether (sulfide) groups is 1. The van der Waals surface area contributed by atoms with Crippen LogP contribution < -0.4 is 5.73 Å². The molecular formula is C12H26N2OS. The predicted molar refractivity (Wildman–Crippen MR) is 72.7 cm³/mol. The van der Waals surface area contributed by atoms with E-state index < -0.39 is 0 Å². The predicted octanol–water partition coefficient (Wildman–Crippen LogP) is 1.96. The molecule has 0 fully saturated rings. The van der Waals surface area contributed by atoms with Crippen molar-refractivity contribution in [3.05, 3.63) is 0 Å². The van der Waals surface area contributed by atoms with Crippen molar-refractivity contribution >= 4 is 17.7 Å². The third kappa shape index (κ3) is 5.75. The summed E-state index contributed by atoms with van der Waals surface area (Å²) < 4.78 is 0. The highest BCUT2D eigenvalue weighted by atomic mass is 32.2. The van der Waals surface area contributed by atoms with E-state index in [0.29, 0.717) is 5.92 Å². The van der Waals surface area contributed by atoms with E-state index >= 15 is 0 Å². The summed E-state index contributed by atoms with van der Waals surface area (Å²) in [4.78, 5) is 14.0. The first-order chi connectivity index (χ1) is 7.40. The minimum Gasteiger partial charge on any atom is -0.339 e. The molecule has 0 saturated heterocycles. The molecule has 1 atom stereocenters. The van der Waals surface area contributed by atoms with Crippen LogP contribution in [0.3, 0.4) is 0 Å². The SMILES string of the molecule is CSCC[C@@H](N)C(=O)N(CC(C)C)C(C)C. The molecule has 0 bridgehead atoms. The molecule has 16 heavy (non-hydrogen) atoms. The van der Waals surface area contributed by atoms with E-state index in [2.05, 4.69) is 13.8 Å². The molecule has 0 aliphatic carbocycles. The summed E-state index contributed by atoms with van der Waals surface area (Å²) >= 11 is 1.73. The Morgan fingerprint density at radius 1 is 1.31 bits per heavy atom. The molecule has 0 aliphatic heterocycles. The fourth-order valence-electron chi connectivity index (χ4n) is 1.53. The van der Waals surface area contributed by atoms with Crippen LogP contribution in [0.4, 0.5) is 0 Å². The first kappa shape index (κ1) is 15.8. The van der Waals surface area contributed by atoms with E-state index in [4.69, 9.17) is 5.73 Å². The van der Waals surface area contributed by atoms with Gasteiger partial charge in [0, 0.05) is 12.6 Å². The van der Waals surface area contributed by atoms with Gasteiger partial charge >= 0.3 is 0 Å². The lowest BCUT2D eigenvalue weighted by atomic mass is 10.1. The van der Waals surface area contributed by atoms with Gasteiger partial charge in [-0.05, 0) is 38.2 Å². The maximum absolute atomic E-state index is 12.1. The number of carbonyl (C=O) groups excluding carboxylic acids is 1. The number of nitrogens with zero attached hydrogens (tertiary/aromatic N) is 1. The topological polar surface area (TPSA) is 46.3 Å². The van der Waals surface area contributed by atoms with Crippen molar-refractivity contribution in [1.29, 1.82) is 0 Å². The zero-order valence-corrected chi connectivity index (χ0v) is 12.0. The van der Waals surface area contributed by atoms with Gasteiger partial charge < -0.3 is 10.6 Å². The van der Waals surface area contributed by atoms with Crippen LogP contribution in [0.5, 0.6) is 0 Å². The van der Waals surface area contributed by atoms with Crippen molar-refractivity contribution in [3.8, 4) is 0 Å². The second kappa shape index (κ2) is 7.96. The Morgan fingerprint density at radius 2 is 1.88 bits per heavy atom. The van der Waals surface area contributed by atoms with Crippen molar-refractivity contribution in [2.45, 2.75) is 46.2 Å². The molecule has 0 aromatic heterocycles. The molecule has 1 amide bonds. The molecule has 0 aliphatic rings. The summed E-state index contributed by atoms with van der Waals surface area (Å²) in [6.45, 7) is 9.12. The van der Waals surface area contributed by atoms with Gasteiger partial charge in [-0.15, -0.1) is 0 Å². The van der Waals surface area contributed by atoms with Crippen molar-refractivity contribution < 1.29 is 4.79 Å². The number of carbonyl (C=O) groups is 1. The second-order valence-electron chi connectivity index (χ2n) is 4.87. The molecule has 0 unspecified atom stereocenters. The van der Waals surface area contributed by atoms with Crippen LogP contribution in [-0.2, 0) is 4.79 Å². The number of hydrogen-bond acceptors (Lipinski definition) is 3. The second-order valence-corrected chi connectivity index (χ2v) is 5.85. The van der Waals surface area contributed by atoms with Crippen molar-refractivity contribution in [1.82, 2.24) is 4.90 Å². The fraction of sp³-hybridized carbons (Fsp3) is 0.917. The third-order valence-electron chi connectivity index (χ3n) is 2.42. The molecule has 0 aromatic rings. The fourth-order valence-corrected chi connectivity index (χ4v) is 2.02. The van der Waals surface area contributed by atoms with E-state index in [1.165, 1.54) is 0 Å². The number of hydrogen-bond donors (Lipinski definition) is 1. The summed E-state index contributed by atoms with van der Waals surface area (Å²) in [5.74, 6) is 1.53. The normalized spacial score (nSPS) is 13.2. The third-order valence-corrected chi connectivity index (χ3v) is 3.06. The Labute approximate surface area is 104 Å². The Bertz CT molecular complexity index is 207. The zero-order chi connectivity index (χ0) is 12.7. The highest BCUT2D eigenvalue weighted by Crippen LogP contribution is 2.09. The van der Waals surface area contributed by atoms with Crippen LogP contribution in [0.1, 0.15) is 34.1 Å². The lowest BCUT2D eigenvalue weighted by molar-refractivity contribution is -0.134. The van der Waals surface area contributed by atoms with Crippen molar-refractivity contribution in [2.75, 3.05) is 18.6 Å². The van der Waals surface area contributed by atoms with Gasteiger partial charge in [-0.2, -0.15) is 11.8 Å². The minimum atomic E-state index is -0.339. The Balaban J connectivity index is 4.36. The van der Waals surface area contributed by atoms with Crippen LogP contribution in [0.15, 0.2) is 0 Å². The molecule has 0 rings (SSSR count). The molecule has 0 saturated carbocycles. The molecule has 4 heteroatoms. The van der Waals surface area contributed by atoms with Gasteiger partial charge in [0.05, 0.1) is 6.04 Å². The van der Waals surface area contributed by atoms with E-state index in [-0.39, 0.29) is 18.0 Å². The van der Waals surface area contributed by atoms with E-state index in [0.717, 1.165) is 18.7 Å². The van der Waals surface area contributed by atoms with E-state index in [9.17, 15) is 4.79 Å². The van der Waals surface area contributed by atoms with Crippen LogP contribution in [0, 0.1) is 5.92 Å². The highest BCUT2D eigenvalue weighted by Gasteiger charge is 2.23. The van der Waals surface area contributed by atoms with Gasteiger partial charge in [-0.1, -0.05) is 13.8 Å². The maximum Gasteiger partial charge on any atom is 0.239 e. The molecular weight excluding hydrogens is 220 g/mol. The van der Waals surface area contributed by atoms with Gasteiger partial charge in [0.2, 0.25) is 5.91 Å². The summed E-state index contributed by atoms with van der Waals surface area (Å²) in [6.07, 6.45) is 2.80. The Morgan fingerprint density at radius 3 is 2.25 bits per heavy atom. The molecule has 0 aromatic carbocycles. The van der Waals surface area contributed by atoms with Crippen LogP contribution in [-0.4, -0.2) is 41.4 Å². The largest absolute Gasteiger partial charge is 0.339 e. The van der Waals surface area contributed by atoms with Crippen molar-refractivity contribution in [2.24, 2.45) is 11.7 Å². The summed E-state index contributed by atoms with van der Waals surface area (Å²) in [6, 6.07) is -0.108. The monoisotopic (exact) mass is 246 g/mol. The molecule has 0 heterocycles. The maximum atomic E-state index is 12.1. The van der Waals surface area contributed by atoms with Gasteiger partial charge in [0.15, 0.2) is 0 Å². The number of amides is 1. The quantitative estimate of drug-likeness (QED) is 0.747. The van der Waals surface area contributed by atoms with Gasteiger partial charge in [-0.25, -0.2) is 0 Å². The minimum absolute atomic E-state index is 0.0951. The molecule has 96 valence electrons. The van der Waals surface area contributed by atoms with Gasteiger partial charge in [0.25, 0.3) is 0 Å². The van der Waals surface area contributed by atoms with Crippen LogP contribution >= 0.6 is 11.8 Å². The smallest absolute Gasteiger partial charge is 0.239 e. The summed E-state index contributed by atoms with van der Waals surface area (Å²) in [5, 5.41) is 0. The van der Waals surface area contributed by atoms with Crippen LogP contribution in [0.2, 0.25) is 0 Å². The van der Waals surface area contributed by atoms with Crippen LogP contribution in [0.25, 0.3) is 0 Å². The molecule has 0 radical (unpaired) electrons. The lowest BCUT2D eigenvalue weighted by Crippen LogP contribution is -2.48. The zero-order valence-electron chi connectivity index (χ0n) is 11.2. The van der Waals surface area contributed by atoms with Crippen molar-refractivity contribution in [3.63, 3.8) is 0 Å². The highest BCUT2D eigenvalue weighted by molar-refractivity contribution is 7.98. The van der Waals surface area contributed by atoms with Gasteiger partial charge in [-0.3, -0.25) is 4.79 Å². The molecule has 0 spiro atoms. The first-order valence-electron chi connectivity index (χ1n) is 5.95. The Kier molecular flexibility index (Phi) is 7.85. The van der Waals surface area contributed by atoms with E-state index in [1.807, 2.05) is 25.0 Å². The molecule has 3 nitrogen and oxygen atoms in total. The average molecular weight is 246 g/mol. The number of rotatable bonds is 7. The lowest BCUT2D eigenvalue weighted by Gasteiger charge is -2.30. The Hall–Kier alpha value is -0.220. The first-order valence-corrected chi connectivity index (χ1v) is 7.34. The summed E-state index contributed by atoms with van der Waals surface area (Å²) in [5.41, 5.74) is 5.91. The number of nitrogens with two attached hydrogens (primary N) is 1. The van der Waals surface area contributed by atoms with Gasteiger partial charge in [0.1, 0.15) is 0 Å². The standard InChI is InChI=1S/C12H26N2OS/c1-9(2)8-14(10(3)4)12(15)11(13)6-7-16-5/h9-11H,6-8,13H2,1-5H3/t11-/m1/s1. The van der Waals surface area contributed by atoms with E-state index in [1.54, 1.807) is 11.8 Å². The average Bonchev–Trinajstić information content (AvgIpc) is 2.20. The summed E-state index contributed by atoms with van der Waals surface area (Å²) in [7, 11) is 0.